The van der Waals surface area contributed by atoms with Crippen LogP contribution >= 0.6 is 0 Å². The number of aromatic nitrogens is 2. The van der Waals surface area contributed by atoms with Gasteiger partial charge in [0.05, 0.1) is 11.9 Å². The van der Waals surface area contributed by atoms with E-state index in [0.29, 0.717) is 6.04 Å². The van der Waals surface area contributed by atoms with Gasteiger partial charge in [-0.25, -0.2) is 4.98 Å². The molecule has 0 fully saturated rings. The molecule has 0 saturated heterocycles. The van der Waals surface area contributed by atoms with Crippen molar-refractivity contribution in [3.8, 4) is 0 Å². The summed E-state index contributed by atoms with van der Waals surface area (Å²) in [7, 11) is 0. The van der Waals surface area contributed by atoms with E-state index in [-0.39, 0.29) is 0 Å². The van der Waals surface area contributed by atoms with Crippen LogP contribution < -0.4 is 5.32 Å². The van der Waals surface area contributed by atoms with Crippen LogP contribution in [-0.4, -0.2) is 16.0 Å². The third kappa shape index (κ3) is 3.78. The fraction of sp³-hybridized carbons (Fsp3) is 0.375. The summed E-state index contributed by atoms with van der Waals surface area (Å²) in [5.74, 6) is 0.845. The molecule has 1 N–H and O–H groups in total. The lowest BCUT2D eigenvalue weighted by molar-refractivity contribution is 0.777. The first-order chi connectivity index (χ1) is 9.04. The molecule has 3 heteroatoms. The van der Waals surface area contributed by atoms with Gasteiger partial charge >= 0.3 is 0 Å². The predicted octanol–water partition coefficient (Wildman–Crippen LogP) is 3.44. The van der Waals surface area contributed by atoms with Crippen LogP contribution in [0, 0.1) is 20.8 Å². The molecule has 0 bridgehead atoms. The van der Waals surface area contributed by atoms with E-state index < -0.39 is 0 Å². The number of anilines is 1. The summed E-state index contributed by atoms with van der Waals surface area (Å²) >= 11 is 0. The maximum absolute atomic E-state index is 4.42. The van der Waals surface area contributed by atoms with Crippen molar-refractivity contribution in [3.05, 3.63) is 53.0 Å². The van der Waals surface area contributed by atoms with Gasteiger partial charge in [-0.2, -0.15) is 0 Å². The molecule has 1 aromatic carbocycles. The quantitative estimate of drug-likeness (QED) is 0.909. The molecule has 1 unspecified atom stereocenters. The zero-order valence-electron chi connectivity index (χ0n) is 12.1. The molecule has 0 radical (unpaired) electrons. The Bertz CT molecular complexity index is 564. The van der Waals surface area contributed by atoms with E-state index in [1.165, 1.54) is 16.7 Å². The summed E-state index contributed by atoms with van der Waals surface area (Å²) in [5.41, 5.74) is 4.98. The highest BCUT2D eigenvalue weighted by atomic mass is 15.0. The Hall–Kier alpha value is -1.90. The molecule has 100 valence electrons. The minimum Gasteiger partial charge on any atom is -0.366 e. The maximum atomic E-state index is 4.42. The van der Waals surface area contributed by atoms with Gasteiger partial charge in [0.1, 0.15) is 5.82 Å². The van der Waals surface area contributed by atoms with Crippen LogP contribution in [0.4, 0.5) is 5.82 Å². The molecule has 19 heavy (non-hydrogen) atoms. The topological polar surface area (TPSA) is 37.8 Å². The second kappa shape index (κ2) is 5.83. The maximum Gasteiger partial charge on any atom is 0.145 e. The van der Waals surface area contributed by atoms with Crippen LogP contribution in [0.15, 0.2) is 30.6 Å². The average molecular weight is 255 g/mol. The summed E-state index contributed by atoms with van der Waals surface area (Å²) in [6.07, 6.45) is 4.52. The van der Waals surface area contributed by atoms with Crippen molar-refractivity contribution in [1.82, 2.24) is 9.97 Å². The van der Waals surface area contributed by atoms with Crippen molar-refractivity contribution in [3.63, 3.8) is 0 Å². The normalized spacial score (nSPS) is 12.2. The summed E-state index contributed by atoms with van der Waals surface area (Å²) in [6, 6.07) is 6.94. The van der Waals surface area contributed by atoms with E-state index in [0.717, 1.165) is 17.9 Å². The van der Waals surface area contributed by atoms with Gasteiger partial charge in [-0.05, 0) is 45.2 Å². The van der Waals surface area contributed by atoms with Gasteiger partial charge in [-0.1, -0.05) is 23.8 Å². The van der Waals surface area contributed by atoms with Crippen LogP contribution in [0.5, 0.6) is 0 Å². The van der Waals surface area contributed by atoms with Crippen LogP contribution in [0.25, 0.3) is 0 Å². The number of hydrogen-bond acceptors (Lipinski definition) is 3. The first-order valence-electron chi connectivity index (χ1n) is 6.66. The van der Waals surface area contributed by atoms with Gasteiger partial charge in [0, 0.05) is 12.2 Å². The Morgan fingerprint density at radius 2 is 1.95 bits per heavy atom. The number of benzene rings is 1. The number of rotatable bonds is 4. The summed E-state index contributed by atoms with van der Waals surface area (Å²) in [5, 5.41) is 3.40. The first-order valence-corrected chi connectivity index (χ1v) is 6.66. The monoisotopic (exact) mass is 255 g/mol. The van der Waals surface area contributed by atoms with Gasteiger partial charge in [-0.3, -0.25) is 4.98 Å². The fourth-order valence-electron chi connectivity index (χ4n) is 2.24. The summed E-state index contributed by atoms with van der Waals surface area (Å²) in [6.45, 7) is 8.42. The highest BCUT2D eigenvalue weighted by molar-refractivity contribution is 5.35. The standard InChI is InChI=1S/C16H21N3/c1-11-5-6-15(12(2)7-11)8-13(3)18-16-10-17-9-14(4)19-16/h5-7,9-10,13H,8H2,1-4H3,(H,18,19). The Labute approximate surface area is 115 Å². The Morgan fingerprint density at radius 3 is 2.63 bits per heavy atom. The van der Waals surface area contributed by atoms with Crippen molar-refractivity contribution in [2.75, 3.05) is 5.32 Å². The third-order valence-electron chi connectivity index (χ3n) is 3.17. The SMILES string of the molecule is Cc1ccc(CC(C)Nc2cncc(C)n2)c(C)c1. The van der Waals surface area contributed by atoms with Gasteiger partial charge in [0.2, 0.25) is 0 Å². The lowest BCUT2D eigenvalue weighted by Crippen LogP contribution is -2.19. The number of nitrogens with one attached hydrogen (secondary N) is 1. The Morgan fingerprint density at radius 1 is 1.16 bits per heavy atom. The molecule has 3 nitrogen and oxygen atoms in total. The highest BCUT2D eigenvalue weighted by Crippen LogP contribution is 2.14. The molecule has 1 heterocycles. The largest absolute Gasteiger partial charge is 0.366 e. The van der Waals surface area contributed by atoms with Crippen molar-refractivity contribution in [2.45, 2.75) is 40.2 Å². The molecule has 2 aromatic rings. The minimum absolute atomic E-state index is 0.331. The molecule has 0 amide bonds. The minimum atomic E-state index is 0.331. The van der Waals surface area contributed by atoms with E-state index >= 15 is 0 Å². The molecule has 1 atom stereocenters. The van der Waals surface area contributed by atoms with E-state index in [1.807, 2.05) is 6.92 Å². The molecule has 0 spiro atoms. The molecule has 0 aliphatic heterocycles. The molecule has 0 aliphatic carbocycles. The van der Waals surface area contributed by atoms with E-state index in [2.05, 4.69) is 54.3 Å². The van der Waals surface area contributed by atoms with Crippen LogP contribution in [0.3, 0.4) is 0 Å². The van der Waals surface area contributed by atoms with Gasteiger partial charge < -0.3 is 5.32 Å². The number of hydrogen-bond donors (Lipinski definition) is 1. The van der Waals surface area contributed by atoms with E-state index in [1.54, 1.807) is 12.4 Å². The zero-order chi connectivity index (χ0) is 13.8. The Kier molecular flexibility index (Phi) is 4.15. The molecule has 2 rings (SSSR count). The average Bonchev–Trinajstić information content (AvgIpc) is 2.33. The van der Waals surface area contributed by atoms with E-state index in [9.17, 15) is 0 Å². The van der Waals surface area contributed by atoms with Crippen molar-refractivity contribution in [1.29, 1.82) is 0 Å². The van der Waals surface area contributed by atoms with Crippen molar-refractivity contribution in [2.24, 2.45) is 0 Å². The van der Waals surface area contributed by atoms with Gasteiger partial charge in [0.15, 0.2) is 0 Å². The number of aryl methyl sites for hydroxylation is 3. The fourth-order valence-corrected chi connectivity index (χ4v) is 2.24. The lowest BCUT2D eigenvalue weighted by atomic mass is 10.00. The zero-order valence-corrected chi connectivity index (χ0v) is 12.1. The summed E-state index contributed by atoms with van der Waals surface area (Å²) in [4.78, 5) is 8.57. The second-order valence-electron chi connectivity index (χ2n) is 5.23. The second-order valence-corrected chi connectivity index (χ2v) is 5.23. The first kappa shape index (κ1) is 13.5. The molecular formula is C16H21N3. The molecular weight excluding hydrogens is 234 g/mol. The highest BCUT2D eigenvalue weighted by Gasteiger charge is 2.07. The number of nitrogens with zero attached hydrogens (tertiary/aromatic N) is 2. The van der Waals surface area contributed by atoms with Crippen LogP contribution in [0.2, 0.25) is 0 Å². The third-order valence-corrected chi connectivity index (χ3v) is 3.17. The smallest absolute Gasteiger partial charge is 0.145 e. The molecule has 1 aromatic heterocycles. The van der Waals surface area contributed by atoms with Crippen molar-refractivity contribution >= 4 is 5.82 Å². The predicted molar refractivity (Wildman–Crippen MR) is 79.5 cm³/mol. The Balaban J connectivity index is 2.03. The van der Waals surface area contributed by atoms with Gasteiger partial charge in [0.25, 0.3) is 0 Å². The molecule has 0 aliphatic rings. The summed E-state index contributed by atoms with van der Waals surface area (Å²) < 4.78 is 0. The molecule has 0 saturated carbocycles. The van der Waals surface area contributed by atoms with E-state index in [4.69, 9.17) is 0 Å². The van der Waals surface area contributed by atoms with Gasteiger partial charge in [-0.15, -0.1) is 0 Å². The van der Waals surface area contributed by atoms with Crippen LogP contribution in [-0.2, 0) is 6.42 Å². The van der Waals surface area contributed by atoms with Crippen LogP contribution in [0.1, 0.15) is 29.3 Å². The van der Waals surface area contributed by atoms with Crippen molar-refractivity contribution < 1.29 is 0 Å². The lowest BCUT2D eigenvalue weighted by Gasteiger charge is -2.16.